The predicted octanol–water partition coefficient (Wildman–Crippen LogP) is 5.86. The third kappa shape index (κ3) is 4.64. The summed E-state index contributed by atoms with van der Waals surface area (Å²) in [5.74, 6) is 1.48. The van der Waals surface area contributed by atoms with Gasteiger partial charge in [0.25, 0.3) is 0 Å². The van der Waals surface area contributed by atoms with Crippen LogP contribution >= 0.6 is 0 Å². The molecule has 0 radical (unpaired) electrons. The smallest absolute Gasteiger partial charge is 0.248 e. The Labute approximate surface area is 186 Å². The predicted molar refractivity (Wildman–Crippen MR) is 126 cm³/mol. The number of carbonyl (C=O) groups excluding carboxylic acids is 1. The number of ether oxygens (including phenoxy) is 2. The van der Waals surface area contributed by atoms with E-state index in [1.165, 1.54) is 6.08 Å². The molecule has 1 heterocycles. The van der Waals surface area contributed by atoms with Crippen LogP contribution in [0.5, 0.6) is 11.5 Å². The fraction of sp³-hybridized carbons (Fsp3) is 0.154. The van der Waals surface area contributed by atoms with Crippen LogP contribution in [0.2, 0.25) is 0 Å². The average Bonchev–Trinajstić information content (AvgIpc) is 3.22. The molecule has 1 amide bonds. The highest BCUT2D eigenvalue weighted by molar-refractivity contribution is 6.04. The van der Waals surface area contributed by atoms with Crippen molar-refractivity contribution in [2.24, 2.45) is 0 Å². The summed E-state index contributed by atoms with van der Waals surface area (Å²) in [4.78, 5) is 17.2. The molecule has 0 aliphatic heterocycles. The molecule has 0 saturated heterocycles. The Morgan fingerprint density at radius 1 is 1.09 bits per heavy atom. The second kappa shape index (κ2) is 9.39. The first kappa shape index (κ1) is 21.2. The van der Waals surface area contributed by atoms with Crippen LogP contribution in [0.1, 0.15) is 18.1 Å². The van der Waals surface area contributed by atoms with Crippen molar-refractivity contribution in [3.63, 3.8) is 0 Å². The van der Waals surface area contributed by atoms with E-state index in [-0.39, 0.29) is 5.91 Å². The maximum Gasteiger partial charge on any atom is 0.248 e. The fourth-order valence-electron chi connectivity index (χ4n) is 3.34. The first-order chi connectivity index (χ1) is 15.6. The molecule has 4 aromatic rings. The fourth-order valence-corrected chi connectivity index (χ4v) is 3.34. The number of oxazole rings is 1. The Morgan fingerprint density at radius 3 is 2.75 bits per heavy atom. The highest BCUT2D eigenvalue weighted by Crippen LogP contribution is 2.31. The average molecular weight is 428 g/mol. The summed E-state index contributed by atoms with van der Waals surface area (Å²) in [5, 5.41) is 2.91. The van der Waals surface area contributed by atoms with Gasteiger partial charge in [0.2, 0.25) is 11.8 Å². The minimum absolute atomic E-state index is 0.266. The second-order valence-electron chi connectivity index (χ2n) is 7.20. The number of amides is 1. The Kier molecular flexibility index (Phi) is 6.22. The summed E-state index contributed by atoms with van der Waals surface area (Å²) < 4.78 is 16.8. The molecule has 0 fully saturated rings. The number of hydrogen-bond donors (Lipinski definition) is 1. The zero-order valence-corrected chi connectivity index (χ0v) is 18.2. The van der Waals surface area contributed by atoms with E-state index in [4.69, 9.17) is 13.9 Å². The number of nitrogens with one attached hydrogen (secondary N) is 1. The molecule has 0 bridgehead atoms. The summed E-state index contributed by atoms with van der Waals surface area (Å²) in [6.45, 7) is 4.47. The van der Waals surface area contributed by atoms with Gasteiger partial charge in [-0.1, -0.05) is 24.3 Å². The highest BCUT2D eigenvalue weighted by Gasteiger charge is 2.13. The lowest BCUT2D eigenvalue weighted by molar-refractivity contribution is -0.111. The maximum absolute atomic E-state index is 12.6. The number of aromatic nitrogens is 1. The number of carbonyl (C=O) groups is 1. The minimum Gasteiger partial charge on any atom is -0.493 e. The van der Waals surface area contributed by atoms with Gasteiger partial charge in [0.1, 0.15) is 5.52 Å². The topological polar surface area (TPSA) is 73.6 Å². The van der Waals surface area contributed by atoms with Crippen molar-refractivity contribution in [3.8, 4) is 23.0 Å². The number of para-hydroxylation sites is 1. The van der Waals surface area contributed by atoms with Crippen molar-refractivity contribution in [1.82, 2.24) is 4.98 Å². The van der Waals surface area contributed by atoms with Gasteiger partial charge in [-0.2, -0.15) is 0 Å². The number of rotatable bonds is 7. The van der Waals surface area contributed by atoms with Gasteiger partial charge >= 0.3 is 0 Å². The molecule has 0 unspecified atom stereocenters. The summed E-state index contributed by atoms with van der Waals surface area (Å²) in [5.41, 5.74) is 4.75. The lowest BCUT2D eigenvalue weighted by atomic mass is 10.1. The van der Waals surface area contributed by atoms with E-state index >= 15 is 0 Å². The van der Waals surface area contributed by atoms with Crippen molar-refractivity contribution in [2.75, 3.05) is 19.0 Å². The van der Waals surface area contributed by atoms with E-state index in [9.17, 15) is 4.79 Å². The Balaban J connectivity index is 1.54. The number of hydrogen-bond acceptors (Lipinski definition) is 5. The van der Waals surface area contributed by atoms with Crippen LogP contribution in [-0.4, -0.2) is 24.6 Å². The van der Waals surface area contributed by atoms with Gasteiger partial charge in [0.05, 0.1) is 25.0 Å². The van der Waals surface area contributed by atoms with Crippen molar-refractivity contribution in [3.05, 3.63) is 77.9 Å². The second-order valence-corrected chi connectivity index (χ2v) is 7.20. The van der Waals surface area contributed by atoms with Crippen LogP contribution in [0.3, 0.4) is 0 Å². The van der Waals surface area contributed by atoms with Gasteiger partial charge in [0, 0.05) is 6.08 Å². The number of aryl methyl sites for hydroxylation is 1. The molecule has 1 aromatic heterocycles. The Hall–Kier alpha value is -4.06. The van der Waals surface area contributed by atoms with Crippen LogP contribution in [0.25, 0.3) is 28.6 Å². The zero-order chi connectivity index (χ0) is 22.5. The lowest BCUT2D eigenvalue weighted by Gasteiger charge is -2.09. The summed E-state index contributed by atoms with van der Waals surface area (Å²) in [6, 6.07) is 18.8. The van der Waals surface area contributed by atoms with Crippen molar-refractivity contribution in [2.45, 2.75) is 13.8 Å². The van der Waals surface area contributed by atoms with Gasteiger partial charge in [-0.25, -0.2) is 4.98 Å². The van der Waals surface area contributed by atoms with Crippen LogP contribution in [0.4, 0.5) is 5.69 Å². The SMILES string of the molecule is CCOc1ccc(C=CC(=O)Nc2ccccc2-c2nc3cc(C)ccc3o2)cc1OC. The maximum atomic E-state index is 12.6. The molecular formula is C26H24N2O4. The molecule has 6 nitrogen and oxygen atoms in total. The Bertz CT molecular complexity index is 1290. The molecular weight excluding hydrogens is 404 g/mol. The number of fused-ring (bicyclic) bond motifs is 1. The molecule has 3 aromatic carbocycles. The molecule has 0 atom stereocenters. The van der Waals surface area contributed by atoms with E-state index in [0.29, 0.717) is 40.8 Å². The number of anilines is 1. The zero-order valence-electron chi connectivity index (χ0n) is 18.2. The molecule has 162 valence electrons. The van der Waals surface area contributed by atoms with E-state index in [0.717, 1.165) is 16.6 Å². The van der Waals surface area contributed by atoms with E-state index in [2.05, 4.69) is 10.3 Å². The largest absolute Gasteiger partial charge is 0.493 e. The van der Waals surface area contributed by atoms with Gasteiger partial charge in [-0.15, -0.1) is 0 Å². The van der Waals surface area contributed by atoms with Gasteiger partial charge in [-0.05, 0) is 67.4 Å². The number of nitrogens with zero attached hydrogens (tertiary/aromatic N) is 1. The normalized spacial score (nSPS) is 11.1. The quantitative estimate of drug-likeness (QED) is 0.373. The van der Waals surface area contributed by atoms with Gasteiger partial charge in [-0.3, -0.25) is 4.79 Å². The first-order valence-corrected chi connectivity index (χ1v) is 10.3. The first-order valence-electron chi connectivity index (χ1n) is 10.3. The van der Waals surface area contributed by atoms with E-state index in [1.54, 1.807) is 13.2 Å². The molecule has 32 heavy (non-hydrogen) atoms. The molecule has 1 N–H and O–H groups in total. The standard InChI is InChI=1S/C26H24N2O4/c1-4-31-23-13-10-18(16-24(23)30-3)11-14-25(29)27-20-8-6-5-7-19(20)26-28-21-15-17(2)9-12-22(21)32-26/h5-16H,4H2,1-3H3,(H,27,29). The molecule has 0 saturated carbocycles. The van der Waals surface area contributed by atoms with Gasteiger partial charge < -0.3 is 19.2 Å². The molecule has 0 aliphatic rings. The third-order valence-corrected chi connectivity index (χ3v) is 4.87. The third-order valence-electron chi connectivity index (χ3n) is 4.87. The van der Waals surface area contributed by atoms with E-state index in [1.807, 2.05) is 74.5 Å². The number of methoxy groups -OCH3 is 1. The van der Waals surface area contributed by atoms with Crippen LogP contribution < -0.4 is 14.8 Å². The summed E-state index contributed by atoms with van der Waals surface area (Å²) >= 11 is 0. The Morgan fingerprint density at radius 2 is 1.94 bits per heavy atom. The minimum atomic E-state index is -0.266. The van der Waals surface area contributed by atoms with Crippen LogP contribution in [0.15, 0.2) is 71.2 Å². The van der Waals surface area contributed by atoms with Gasteiger partial charge in [0.15, 0.2) is 17.1 Å². The van der Waals surface area contributed by atoms with E-state index < -0.39 is 0 Å². The molecule has 6 heteroatoms. The van der Waals surface area contributed by atoms with Crippen molar-refractivity contribution < 1.29 is 18.7 Å². The lowest BCUT2D eigenvalue weighted by Crippen LogP contribution is -2.08. The number of benzene rings is 3. The van der Waals surface area contributed by atoms with Crippen LogP contribution in [-0.2, 0) is 4.79 Å². The molecule has 0 aliphatic carbocycles. The van der Waals surface area contributed by atoms with Crippen molar-refractivity contribution in [1.29, 1.82) is 0 Å². The molecule has 4 rings (SSSR count). The monoisotopic (exact) mass is 428 g/mol. The summed E-state index contributed by atoms with van der Waals surface area (Å²) in [7, 11) is 1.59. The van der Waals surface area contributed by atoms with Crippen LogP contribution in [0, 0.1) is 6.92 Å². The molecule has 0 spiro atoms. The highest BCUT2D eigenvalue weighted by atomic mass is 16.5. The summed E-state index contributed by atoms with van der Waals surface area (Å²) in [6.07, 6.45) is 3.19. The van der Waals surface area contributed by atoms with Crippen molar-refractivity contribution >= 4 is 28.8 Å².